The molecule has 1 fully saturated rings. The SMILES string of the molecule is Cc1ccc(C2=NO[C@@]3(CC(=O)N(c4ccccc4)C3=O)C2)cc1. The molecule has 2 aromatic rings. The Kier molecular flexibility index (Phi) is 3.23. The van der Waals surface area contributed by atoms with Gasteiger partial charge >= 0.3 is 0 Å². The molecule has 5 heteroatoms. The van der Waals surface area contributed by atoms with E-state index in [-0.39, 0.29) is 18.2 Å². The van der Waals surface area contributed by atoms with Crippen LogP contribution < -0.4 is 4.90 Å². The predicted octanol–water partition coefficient (Wildman–Crippen LogP) is 2.82. The Hall–Kier alpha value is -2.95. The monoisotopic (exact) mass is 320 g/mol. The smallest absolute Gasteiger partial charge is 0.281 e. The van der Waals surface area contributed by atoms with Crippen LogP contribution in [0.2, 0.25) is 0 Å². The molecular weight excluding hydrogens is 304 g/mol. The zero-order valence-electron chi connectivity index (χ0n) is 13.2. The zero-order chi connectivity index (χ0) is 16.7. The van der Waals surface area contributed by atoms with Gasteiger partial charge in [0.25, 0.3) is 5.91 Å². The largest absolute Gasteiger partial charge is 0.378 e. The lowest BCUT2D eigenvalue weighted by Crippen LogP contribution is -2.40. The summed E-state index contributed by atoms with van der Waals surface area (Å²) in [5.41, 5.74) is 2.13. The van der Waals surface area contributed by atoms with E-state index in [9.17, 15) is 9.59 Å². The molecule has 2 aromatic carbocycles. The first-order valence-electron chi connectivity index (χ1n) is 7.84. The van der Waals surface area contributed by atoms with Gasteiger partial charge in [0.15, 0.2) is 0 Å². The molecule has 4 rings (SSSR count). The van der Waals surface area contributed by atoms with Gasteiger partial charge in [-0.1, -0.05) is 53.2 Å². The molecule has 1 saturated heterocycles. The van der Waals surface area contributed by atoms with Crippen LogP contribution in [0, 0.1) is 6.92 Å². The standard InChI is InChI=1S/C19H16N2O3/c1-13-7-9-14(10-8-13)16-11-19(24-20-16)12-17(22)21(18(19)23)15-5-3-2-4-6-15/h2-10H,11-12H2,1H3/t19-/m1/s1. The third kappa shape index (κ3) is 2.21. The predicted molar refractivity (Wildman–Crippen MR) is 89.7 cm³/mol. The van der Waals surface area contributed by atoms with E-state index in [4.69, 9.17) is 4.84 Å². The number of imide groups is 1. The normalized spacial score (nSPS) is 22.9. The van der Waals surface area contributed by atoms with Crippen LogP contribution in [0.25, 0.3) is 0 Å². The molecule has 0 aliphatic carbocycles. The number of carbonyl (C=O) groups is 2. The van der Waals surface area contributed by atoms with Crippen molar-refractivity contribution in [2.24, 2.45) is 5.16 Å². The van der Waals surface area contributed by atoms with E-state index < -0.39 is 5.60 Å². The molecule has 0 unspecified atom stereocenters. The van der Waals surface area contributed by atoms with Gasteiger partial charge in [0.05, 0.1) is 17.8 Å². The summed E-state index contributed by atoms with van der Waals surface area (Å²) < 4.78 is 0. The Labute approximate surface area is 139 Å². The van der Waals surface area contributed by atoms with Crippen molar-refractivity contribution in [2.75, 3.05) is 4.90 Å². The minimum absolute atomic E-state index is 0.0135. The zero-order valence-corrected chi connectivity index (χ0v) is 13.2. The Bertz CT molecular complexity index is 843. The summed E-state index contributed by atoms with van der Waals surface area (Å²) in [5.74, 6) is -0.601. The van der Waals surface area contributed by atoms with Crippen LogP contribution in [0.5, 0.6) is 0 Å². The van der Waals surface area contributed by atoms with Gasteiger partial charge in [-0.25, -0.2) is 4.90 Å². The molecule has 0 N–H and O–H groups in total. The van der Waals surface area contributed by atoms with Crippen molar-refractivity contribution in [3.8, 4) is 0 Å². The summed E-state index contributed by atoms with van der Waals surface area (Å²) in [6, 6.07) is 16.8. The van der Waals surface area contributed by atoms with Crippen molar-refractivity contribution in [1.29, 1.82) is 0 Å². The average molecular weight is 320 g/mol. The van der Waals surface area contributed by atoms with E-state index in [0.717, 1.165) is 11.1 Å². The second kappa shape index (κ2) is 5.30. The second-order valence-electron chi connectivity index (χ2n) is 6.21. The maximum absolute atomic E-state index is 12.9. The average Bonchev–Trinajstić information content (AvgIpc) is 3.11. The maximum Gasteiger partial charge on any atom is 0.281 e. The summed E-state index contributed by atoms with van der Waals surface area (Å²) >= 11 is 0. The first kappa shape index (κ1) is 14.6. The van der Waals surface area contributed by atoms with E-state index in [2.05, 4.69) is 5.16 Å². The Morgan fingerprint density at radius 2 is 1.71 bits per heavy atom. The quantitative estimate of drug-likeness (QED) is 0.800. The fourth-order valence-corrected chi connectivity index (χ4v) is 3.14. The lowest BCUT2D eigenvalue weighted by atomic mass is 9.92. The number of benzene rings is 2. The van der Waals surface area contributed by atoms with Crippen molar-refractivity contribution in [2.45, 2.75) is 25.4 Å². The molecule has 5 nitrogen and oxygen atoms in total. The summed E-state index contributed by atoms with van der Waals surface area (Å²) in [5, 5.41) is 4.10. The fraction of sp³-hybridized carbons (Fsp3) is 0.211. The molecule has 2 aliphatic rings. The molecule has 1 atom stereocenters. The third-order valence-corrected chi connectivity index (χ3v) is 4.46. The summed E-state index contributed by atoms with van der Waals surface area (Å²) in [6.07, 6.45) is 0.323. The van der Waals surface area contributed by atoms with Gasteiger partial charge in [0.2, 0.25) is 11.5 Å². The Morgan fingerprint density at radius 1 is 1.00 bits per heavy atom. The number of aryl methyl sites for hydroxylation is 1. The molecule has 2 amide bonds. The van der Waals surface area contributed by atoms with Crippen LogP contribution in [-0.4, -0.2) is 23.1 Å². The topological polar surface area (TPSA) is 59.0 Å². The molecule has 0 bridgehead atoms. The lowest BCUT2D eigenvalue weighted by Gasteiger charge is -2.19. The lowest BCUT2D eigenvalue weighted by molar-refractivity contribution is -0.136. The van der Waals surface area contributed by atoms with Crippen LogP contribution in [0.1, 0.15) is 24.0 Å². The van der Waals surface area contributed by atoms with Gasteiger partial charge in [0, 0.05) is 6.42 Å². The van der Waals surface area contributed by atoms with E-state index in [1.807, 2.05) is 37.3 Å². The third-order valence-electron chi connectivity index (χ3n) is 4.46. The van der Waals surface area contributed by atoms with Crippen molar-refractivity contribution >= 4 is 23.2 Å². The van der Waals surface area contributed by atoms with E-state index >= 15 is 0 Å². The number of nitrogens with zero attached hydrogens (tertiary/aromatic N) is 2. The minimum atomic E-state index is -1.20. The van der Waals surface area contributed by atoms with Crippen molar-refractivity contribution in [3.63, 3.8) is 0 Å². The molecule has 24 heavy (non-hydrogen) atoms. The first-order valence-corrected chi connectivity index (χ1v) is 7.84. The van der Waals surface area contributed by atoms with Gasteiger partial charge in [-0.2, -0.15) is 0 Å². The number of anilines is 1. The summed E-state index contributed by atoms with van der Waals surface area (Å²) in [4.78, 5) is 32.0. The van der Waals surface area contributed by atoms with Crippen LogP contribution in [0.3, 0.4) is 0 Å². The maximum atomic E-state index is 12.9. The first-order chi connectivity index (χ1) is 11.6. The second-order valence-corrected chi connectivity index (χ2v) is 6.21. The van der Waals surface area contributed by atoms with Crippen LogP contribution in [0.4, 0.5) is 5.69 Å². The number of carbonyl (C=O) groups excluding carboxylic acids is 2. The molecule has 0 radical (unpaired) electrons. The molecule has 120 valence electrons. The highest BCUT2D eigenvalue weighted by atomic mass is 16.7. The summed E-state index contributed by atoms with van der Waals surface area (Å²) in [7, 11) is 0. The van der Waals surface area contributed by atoms with Gasteiger partial charge in [0.1, 0.15) is 0 Å². The number of amides is 2. The Morgan fingerprint density at radius 3 is 2.42 bits per heavy atom. The highest BCUT2D eigenvalue weighted by Gasteiger charge is 2.57. The fourth-order valence-electron chi connectivity index (χ4n) is 3.14. The number of para-hydroxylation sites is 1. The molecule has 0 saturated carbocycles. The highest BCUT2D eigenvalue weighted by molar-refractivity contribution is 6.25. The number of hydrogen-bond acceptors (Lipinski definition) is 4. The van der Waals surface area contributed by atoms with Crippen molar-refractivity contribution < 1.29 is 14.4 Å². The van der Waals surface area contributed by atoms with E-state index in [0.29, 0.717) is 17.8 Å². The van der Waals surface area contributed by atoms with Gasteiger partial charge in [-0.3, -0.25) is 9.59 Å². The summed E-state index contributed by atoms with van der Waals surface area (Å²) in [6.45, 7) is 2.01. The molecule has 0 aromatic heterocycles. The van der Waals surface area contributed by atoms with E-state index in [1.165, 1.54) is 4.90 Å². The minimum Gasteiger partial charge on any atom is -0.378 e. The Balaban J connectivity index is 1.61. The van der Waals surface area contributed by atoms with Gasteiger partial charge < -0.3 is 4.84 Å². The van der Waals surface area contributed by atoms with Gasteiger partial charge in [-0.15, -0.1) is 0 Å². The van der Waals surface area contributed by atoms with E-state index in [1.54, 1.807) is 24.3 Å². The van der Waals surface area contributed by atoms with Crippen LogP contribution >= 0.6 is 0 Å². The molecule has 2 aliphatic heterocycles. The van der Waals surface area contributed by atoms with Crippen molar-refractivity contribution in [1.82, 2.24) is 0 Å². The number of hydrogen-bond donors (Lipinski definition) is 0. The van der Waals surface area contributed by atoms with Crippen LogP contribution in [-0.2, 0) is 14.4 Å². The van der Waals surface area contributed by atoms with Gasteiger partial charge in [-0.05, 0) is 24.6 Å². The number of oxime groups is 1. The molecule has 1 spiro atoms. The molecule has 2 heterocycles. The highest BCUT2D eigenvalue weighted by Crippen LogP contribution is 2.39. The number of rotatable bonds is 2. The van der Waals surface area contributed by atoms with Crippen LogP contribution in [0.15, 0.2) is 59.8 Å². The van der Waals surface area contributed by atoms with Crippen molar-refractivity contribution in [3.05, 3.63) is 65.7 Å². The molecular formula is C19H16N2O3.